The molecule has 0 radical (unpaired) electrons. The molecule has 0 amide bonds. The molecule has 0 aliphatic heterocycles. The van der Waals surface area contributed by atoms with Crippen LogP contribution < -0.4 is 29.6 Å². The Morgan fingerprint density at radius 2 is 1.47 bits per heavy atom. The van der Waals surface area contributed by atoms with Gasteiger partial charge in [-0.25, -0.2) is 4.57 Å². The number of hydrogen-bond acceptors (Lipinski definition) is 7. The molecule has 0 aliphatic rings. The summed E-state index contributed by atoms with van der Waals surface area (Å²) in [5.74, 6) is 0. The van der Waals surface area contributed by atoms with Crippen LogP contribution in [-0.4, -0.2) is 72.9 Å². The van der Waals surface area contributed by atoms with Gasteiger partial charge in [0.2, 0.25) is 0 Å². The zero-order valence-electron chi connectivity index (χ0n) is 10.1. The number of aliphatic hydroxyl groups is 5. The number of phosphoric ester groups is 1. The van der Waals surface area contributed by atoms with Crippen LogP contribution in [0.25, 0.3) is 0 Å². The first-order chi connectivity index (χ1) is 7.19. The van der Waals surface area contributed by atoms with E-state index in [1.165, 1.54) is 0 Å². The first kappa shape index (κ1) is 20.2. The summed E-state index contributed by atoms with van der Waals surface area (Å²) in [7, 11) is -4.78. The Morgan fingerprint density at radius 3 is 1.82 bits per heavy atom. The van der Waals surface area contributed by atoms with Crippen LogP contribution in [0, 0.1) is 0 Å². The number of rotatable bonds is 7. The molecule has 7 N–H and O–H groups in total. The molecule has 0 fully saturated rings. The van der Waals surface area contributed by atoms with Gasteiger partial charge < -0.3 is 36.7 Å². The van der Waals surface area contributed by atoms with E-state index < -0.39 is 45.5 Å². The average molecular weight is 286 g/mol. The van der Waals surface area contributed by atoms with Gasteiger partial charge in [-0.3, -0.25) is 4.52 Å². The standard InChI is InChI=1S/C6H15O9P.Na.H/c7-1-3(8)5(10)6(11)4(9)2-15-16(12,13)14;;/h3-11H,1-2H2,(H2,12,13,14);;/q;+1;-1/t3-,4-,5-,6-;;/m1../s1. The predicted molar refractivity (Wildman–Crippen MR) is 50.2 cm³/mol. The molecule has 0 spiro atoms. The topological polar surface area (TPSA) is 168 Å². The summed E-state index contributed by atoms with van der Waals surface area (Å²) < 4.78 is 14.1. The van der Waals surface area contributed by atoms with E-state index in [1.54, 1.807) is 0 Å². The Morgan fingerprint density at radius 1 is 1.06 bits per heavy atom. The second-order valence-electron chi connectivity index (χ2n) is 3.08. The van der Waals surface area contributed by atoms with E-state index in [9.17, 15) is 9.67 Å². The number of hydrogen-bond donors (Lipinski definition) is 7. The predicted octanol–water partition coefficient (Wildman–Crippen LogP) is -6.35. The van der Waals surface area contributed by atoms with Crippen molar-refractivity contribution in [1.82, 2.24) is 0 Å². The molecule has 11 heteroatoms. The molecule has 0 aromatic heterocycles. The van der Waals surface area contributed by atoms with Gasteiger partial charge in [0.1, 0.15) is 24.4 Å². The van der Waals surface area contributed by atoms with Crippen LogP contribution in [0.2, 0.25) is 0 Å². The van der Waals surface area contributed by atoms with Crippen molar-refractivity contribution < 1.29 is 75.4 Å². The summed E-state index contributed by atoms with van der Waals surface area (Å²) in [5, 5.41) is 44.8. The molecule has 100 valence electrons. The van der Waals surface area contributed by atoms with E-state index >= 15 is 0 Å². The Kier molecular flexibility index (Phi) is 10.6. The number of phosphoric acid groups is 1. The molecule has 9 nitrogen and oxygen atoms in total. The van der Waals surface area contributed by atoms with Crippen LogP contribution in [0.15, 0.2) is 0 Å². The molecule has 17 heavy (non-hydrogen) atoms. The summed E-state index contributed by atoms with van der Waals surface area (Å²) in [4.78, 5) is 16.6. The smallest absolute Gasteiger partial charge is 1.00 e. The molecule has 0 saturated carbocycles. The molecule has 0 aromatic rings. The van der Waals surface area contributed by atoms with Crippen molar-refractivity contribution in [2.24, 2.45) is 0 Å². The van der Waals surface area contributed by atoms with Crippen molar-refractivity contribution in [3.8, 4) is 0 Å². The van der Waals surface area contributed by atoms with Crippen molar-refractivity contribution in [3.05, 3.63) is 0 Å². The normalized spacial score (nSPS) is 19.0. The van der Waals surface area contributed by atoms with Crippen molar-refractivity contribution >= 4 is 7.82 Å². The van der Waals surface area contributed by atoms with Gasteiger partial charge in [0.05, 0.1) is 13.2 Å². The summed E-state index contributed by atoms with van der Waals surface area (Å²) in [6.07, 6.45) is -7.27. The van der Waals surface area contributed by atoms with Gasteiger partial charge in [0.25, 0.3) is 0 Å². The molecule has 0 aliphatic carbocycles. The fourth-order valence-corrected chi connectivity index (χ4v) is 1.18. The van der Waals surface area contributed by atoms with Crippen molar-refractivity contribution in [2.75, 3.05) is 13.2 Å². The summed E-state index contributed by atoms with van der Waals surface area (Å²) in [6, 6.07) is 0. The van der Waals surface area contributed by atoms with Crippen LogP contribution in [0.1, 0.15) is 1.43 Å². The van der Waals surface area contributed by atoms with Crippen LogP contribution in [-0.2, 0) is 9.09 Å². The second kappa shape index (κ2) is 8.92. The molecule has 0 rings (SSSR count). The van der Waals surface area contributed by atoms with E-state index in [-0.39, 0.29) is 31.0 Å². The van der Waals surface area contributed by atoms with Crippen LogP contribution in [0.3, 0.4) is 0 Å². The quantitative estimate of drug-likeness (QED) is 0.178. The third kappa shape index (κ3) is 8.60. The van der Waals surface area contributed by atoms with Crippen LogP contribution in [0.4, 0.5) is 0 Å². The Labute approximate surface area is 121 Å². The third-order valence-corrected chi connectivity index (χ3v) is 2.22. The molecule has 0 unspecified atom stereocenters. The van der Waals surface area contributed by atoms with Gasteiger partial charge in [-0.2, -0.15) is 0 Å². The summed E-state index contributed by atoms with van der Waals surface area (Å²) in [6.45, 7) is -1.77. The van der Waals surface area contributed by atoms with Crippen molar-refractivity contribution in [3.63, 3.8) is 0 Å². The molecule has 0 saturated heterocycles. The van der Waals surface area contributed by atoms with Crippen molar-refractivity contribution in [1.29, 1.82) is 0 Å². The summed E-state index contributed by atoms with van der Waals surface area (Å²) >= 11 is 0. The fourth-order valence-electron chi connectivity index (χ4n) is 0.835. The van der Waals surface area contributed by atoms with E-state index in [4.69, 9.17) is 30.2 Å². The van der Waals surface area contributed by atoms with E-state index in [0.29, 0.717) is 0 Å². The van der Waals surface area contributed by atoms with Gasteiger partial charge in [-0.15, -0.1) is 0 Å². The minimum Gasteiger partial charge on any atom is -1.00 e. The Bertz CT molecular complexity index is 251. The van der Waals surface area contributed by atoms with Gasteiger partial charge in [-0.05, 0) is 0 Å². The second-order valence-corrected chi connectivity index (χ2v) is 4.32. The van der Waals surface area contributed by atoms with Gasteiger partial charge in [0.15, 0.2) is 0 Å². The SMILES string of the molecule is O=P(O)(O)OC[C@@H](O)[C@@H](O)[C@H](O)[C@H](O)CO.[H-].[Na+]. The zero-order chi connectivity index (χ0) is 12.9. The van der Waals surface area contributed by atoms with E-state index in [0.717, 1.165) is 0 Å². The Hall–Kier alpha value is 0.910. The minimum absolute atomic E-state index is 0. The van der Waals surface area contributed by atoms with Crippen molar-refractivity contribution in [2.45, 2.75) is 24.4 Å². The first-order valence-electron chi connectivity index (χ1n) is 4.22. The fraction of sp³-hybridized carbons (Fsp3) is 1.00. The number of aliphatic hydroxyl groups excluding tert-OH is 5. The average Bonchev–Trinajstić information content (AvgIpc) is 2.21. The largest absolute Gasteiger partial charge is 1.00 e. The molecule has 4 atom stereocenters. The van der Waals surface area contributed by atoms with Gasteiger partial charge in [-0.1, -0.05) is 0 Å². The molecule has 0 bridgehead atoms. The van der Waals surface area contributed by atoms with E-state index in [1.807, 2.05) is 0 Å². The first-order valence-corrected chi connectivity index (χ1v) is 5.75. The van der Waals surface area contributed by atoms with Crippen LogP contribution in [0.5, 0.6) is 0 Å². The minimum atomic E-state index is -4.78. The van der Waals surface area contributed by atoms with Gasteiger partial charge >= 0.3 is 37.4 Å². The maximum Gasteiger partial charge on any atom is 1.00 e. The Balaban J connectivity index is -0.00000112. The van der Waals surface area contributed by atoms with Crippen LogP contribution >= 0.6 is 7.82 Å². The molecular weight excluding hydrogens is 270 g/mol. The maximum atomic E-state index is 10.2. The van der Waals surface area contributed by atoms with E-state index in [2.05, 4.69) is 4.52 Å². The summed E-state index contributed by atoms with van der Waals surface area (Å²) in [5.41, 5.74) is 0. The molecule has 0 heterocycles. The maximum absolute atomic E-state index is 10.2. The zero-order valence-corrected chi connectivity index (χ0v) is 12.0. The van der Waals surface area contributed by atoms with Gasteiger partial charge in [0, 0.05) is 0 Å². The monoisotopic (exact) mass is 286 g/mol. The molecular formula is C6H16NaO9P. The third-order valence-electron chi connectivity index (χ3n) is 1.74. The molecule has 0 aromatic carbocycles.